The summed E-state index contributed by atoms with van der Waals surface area (Å²) < 4.78 is 1.10. The third kappa shape index (κ3) is 15.8. The van der Waals surface area contributed by atoms with Crippen molar-refractivity contribution in [3.63, 3.8) is 0 Å². The molecular weight excluding hydrogens is 855 g/mol. The van der Waals surface area contributed by atoms with Crippen LogP contribution < -0.4 is 0 Å². The van der Waals surface area contributed by atoms with Gasteiger partial charge in [-0.25, -0.2) is 19.9 Å². The maximum absolute atomic E-state index is 12.6. The molecule has 2 aromatic carbocycles. The Morgan fingerprint density at radius 1 is 0.690 bits per heavy atom. The highest BCUT2D eigenvalue weighted by atomic mass is 79.9. The molecule has 2 saturated heterocycles. The van der Waals surface area contributed by atoms with E-state index in [9.17, 15) is 9.59 Å². The van der Waals surface area contributed by atoms with Gasteiger partial charge in [0.2, 0.25) is 22.4 Å². The minimum atomic E-state index is 0.178. The Bertz CT molecular complexity index is 1930. The van der Waals surface area contributed by atoms with Crippen molar-refractivity contribution in [1.82, 2.24) is 29.7 Å². The van der Waals surface area contributed by atoms with Crippen molar-refractivity contribution in [3.05, 3.63) is 103 Å². The third-order valence-corrected chi connectivity index (χ3v) is 12.0. The Labute approximate surface area is 371 Å². The van der Waals surface area contributed by atoms with Crippen LogP contribution in [0.25, 0.3) is 11.3 Å². The number of hydrogen-bond acceptors (Lipinski definition) is 6. The van der Waals surface area contributed by atoms with Gasteiger partial charge in [0.25, 0.3) is 0 Å². The van der Waals surface area contributed by atoms with Gasteiger partial charge < -0.3 is 9.80 Å². The molecule has 12 heteroatoms. The average molecular weight is 917 g/mol. The Balaban J connectivity index is 0.000000256. The molecule has 2 amide bonds. The fourth-order valence-electron chi connectivity index (χ4n) is 7.07. The number of likely N-dealkylation sites (tertiary alicyclic amines) is 2. The van der Waals surface area contributed by atoms with Crippen LogP contribution in [0.15, 0.2) is 65.4 Å². The summed E-state index contributed by atoms with van der Waals surface area (Å²) in [6.45, 7) is 25.5. The van der Waals surface area contributed by atoms with Crippen molar-refractivity contribution in [2.75, 3.05) is 26.2 Å². The molecule has 2 aliphatic rings. The van der Waals surface area contributed by atoms with Crippen LogP contribution in [0, 0.1) is 36.5 Å². The summed E-state index contributed by atoms with van der Waals surface area (Å²) >= 11 is 20.1. The SMILES string of the molecule is CC.Cc1cc(-c2ccnc(Cl)n2)ccc1CCC(=O)N1CCC(C(C)(C)C)C1.Cc1cc(Br)ccc1CCC(=O)N1CCC(C(C)(C)C)C1.Clc1ccnc(Cl)n1. The first-order valence-corrected chi connectivity index (χ1v) is 22.3. The predicted molar refractivity (Wildman–Crippen MR) is 244 cm³/mol. The van der Waals surface area contributed by atoms with Crippen LogP contribution in [0.4, 0.5) is 0 Å². The Morgan fingerprint density at radius 3 is 1.55 bits per heavy atom. The topological polar surface area (TPSA) is 92.2 Å². The lowest BCUT2D eigenvalue weighted by Crippen LogP contribution is -2.31. The molecule has 0 N–H and O–H groups in total. The van der Waals surface area contributed by atoms with Crippen molar-refractivity contribution in [1.29, 1.82) is 0 Å². The minimum absolute atomic E-state index is 0.178. The lowest BCUT2D eigenvalue weighted by molar-refractivity contribution is -0.131. The third-order valence-electron chi connectivity index (χ3n) is 10.9. The summed E-state index contributed by atoms with van der Waals surface area (Å²) in [5.41, 5.74) is 7.31. The Kier molecular flexibility index (Phi) is 19.6. The average Bonchev–Trinajstić information content (AvgIpc) is 3.87. The number of hydrogen-bond donors (Lipinski definition) is 0. The smallest absolute Gasteiger partial charge is 0.223 e. The zero-order chi connectivity index (χ0) is 43.2. The molecule has 2 aliphatic heterocycles. The van der Waals surface area contributed by atoms with Crippen molar-refractivity contribution in [2.45, 2.75) is 108 Å². The lowest BCUT2D eigenvalue weighted by Gasteiger charge is -2.27. The standard InChI is InChI=1S/C22H28ClN3O.C18H26BrNO.C4H2Cl2N2.C2H6/c1-15-13-17(19-9-11-24-21(23)25-19)6-5-16(15)7-8-20(27)26-12-10-18(14-26)22(2,3)4;1-13-11-16(19)7-5-14(13)6-8-17(21)20-10-9-15(12-20)18(2,3)4;5-3-1-2-7-4(6)8-3;1-2/h5-6,9,11,13,18H,7-8,10,12,14H2,1-4H3;5,7,11,15H,6,8-10,12H2,1-4H3;1-2H;1-2H3. The summed E-state index contributed by atoms with van der Waals surface area (Å²) in [5, 5.41) is 0.793. The summed E-state index contributed by atoms with van der Waals surface area (Å²) in [4.78, 5) is 44.5. The monoisotopic (exact) mass is 914 g/mol. The molecule has 0 spiro atoms. The first-order valence-electron chi connectivity index (χ1n) is 20.3. The summed E-state index contributed by atoms with van der Waals surface area (Å²) in [6.07, 6.45) is 8.22. The molecule has 4 heterocycles. The molecule has 0 saturated carbocycles. The summed E-state index contributed by atoms with van der Waals surface area (Å²) in [5.74, 6) is 1.81. The van der Waals surface area contributed by atoms with Gasteiger partial charge in [-0.15, -0.1) is 0 Å². The second-order valence-electron chi connectivity index (χ2n) is 17.0. The Morgan fingerprint density at radius 2 is 1.16 bits per heavy atom. The van der Waals surface area contributed by atoms with E-state index in [2.05, 4.69) is 126 Å². The van der Waals surface area contributed by atoms with E-state index in [4.69, 9.17) is 34.8 Å². The minimum Gasteiger partial charge on any atom is -0.342 e. The van der Waals surface area contributed by atoms with Crippen LogP contribution in [0.1, 0.15) is 103 Å². The van der Waals surface area contributed by atoms with Crippen molar-refractivity contribution < 1.29 is 9.59 Å². The summed E-state index contributed by atoms with van der Waals surface area (Å²) in [7, 11) is 0. The number of nitrogens with zero attached hydrogens (tertiary/aromatic N) is 6. The van der Waals surface area contributed by atoms with E-state index in [0.717, 1.165) is 67.6 Å². The van der Waals surface area contributed by atoms with Crippen molar-refractivity contribution in [3.8, 4) is 11.3 Å². The molecule has 6 rings (SSSR count). The zero-order valence-corrected chi connectivity index (χ0v) is 39.9. The van der Waals surface area contributed by atoms with Gasteiger partial charge in [-0.1, -0.05) is 101 Å². The van der Waals surface area contributed by atoms with Gasteiger partial charge in [-0.2, -0.15) is 0 Å². The number of amides is 2. The Hall–Kier alpha value is -3.11. The van der Waals surface area contributed by atoms with Gasteiger partial charge in [0.15, 0.2) is 0 Å². The van der Waals surface area contributed by atoms with E-state index in [1.54, 1.807) is 12.3 Å². The number of carbonyl (C=O) groups excluding carboxylic acids is 2. The molecule has 8 nitrogen and oxygen atoms in total. The van der Waals surface area contributed by atoms with Crippen LogP contribution >= 0.6 is 50.7 Å². The number of benzene rings is 2. The van der Waals surface area contributed by atoms with E-state index >= 15 is 0 Å². The lowest BCUT2D eigenvalue weighted by atomic mass is 9.80. The largest absolute Gasteiger partial charge is 0.342 e. The molecule has 4 aromatic rings. The fourth-order valence-corrected chi connectivity index (χ4v) is 8.02. The highest BCUT2D eigenvalue weighted by Crippen LogP contribution is 2.35. The molecule has 2 atom stereocenters. The van der Waals surface area contributed by atoms with E-state index in [1.165, 1.54) is 28.5 Å². The van der Waals surface area contributed by atoms with E-state index in [-0.39, 0.29) is 21.9 Å². The van der Waals surface area contributed by atoms with Crippen LogP contribution in [-0.2, 0) is 22.4 Å². The molecule has 0 radical (unpaired) electrons. The molecule has 58 heavy (non-hydrogen) atoms. The van der Waals surface area contributed by atoms with Gasteiger partial charge in [-0.3, -0.25) is 9.59 Å². The second-order valence-corrected chi connectivity index (χ2v) is 18.9. The molecule has 0 bridgehead atoms. The van der Waals surface area contributed by atoms with Crippen molar-refractivity contribution in [2.24, 2.45) is 22.7 Å². The number of aryl methyl sites for hydroxylation is 4. The number of carbonyl (C=O) groups is 2. The van der Waals surface area contributed by atoms with Gasteiger partial charge >= 0.3 is 0 Å². The van der Waals surface area contributed by atoms with Gasteiger partial charge in [0.1, 0.15) is 5.15 Å². The van der Waals surface area contributed by atoms with Crippen LogP contribution in [0.2, 0.25) is 15.7 Å². The second kappa shape index (κ2) is 23.0. The normalized spacial score (nSPS) is 16.4. The summed E-state index contributed by atoms with van der Waals surface area (Å²) in [6, 6.07) is 15.9. The quantitative estimate of drug-likeness (QED) is 0.135. The van der Waals surface area contributed by atoms with Gasteiger partial charge in [0.05, 0.1) is 5.69 Å². The van der Waals surface area contributed by atoms with E-state index in [1.807, 2.05) is 30.9 Å². The zero-order valence-electron chi connectivity index (χ0n) is 36.0. The molecule has 2 fully saturated rings. The first kappa shape index (κ1) is 49.3. The van der Waals surface area contributed by atoms with Crippen molar-refractivity contribution >= 4 is 62.5 Å². The number of aromatic nitrogens is 4. The molecule has 0 aliphatic carbocycles. The van der Waals surface area contributed by atoms with Crippen LogP contribution in [0.5, 0.6) is 0 Å². The first-order chi connectivity index (χ1) is 27.3. The van der Waals surface area contributed by atoms with E-state index < -0.39 is 0 Å². The molecule has 2 aromatic heterocycles. The van der Waals surface area contributed by atoms with Gasteiger partial charge in [0, 0.05) is 61.5 Å². The van der Waals surface area contributed by atoms with E-state index in [0.29, 0.717) is 41.2 Å². The molecule has 316 valence electrons. The molecular formula is C46H62BrCl3N6O2. The maximum atomic E-state index is 12.6. The predicted octanol–water partition coefficient (Wildman–Crippen LogP) is 12.3. The number of rotatable bonds is 7. The number of halogens is 4. The fraction of sp³-hybridized carbons (Fsp3) is 0.522. The highest BCUT2D eigenvalue weighted by molar-refractivity contribution is 9.10. The van der Waals surface area contributed by atoms with Crippen LogP contribution in [0.3, 0.4) is 0 Å². The molecule has 2 unspecified atom stereocenters. The van der Waals surface area contributed by atoms with Crippen LogP contribution in [-0.4, -0.2) is 67.7 Å². The van der Waals surface area contributed by atoms with Gasteiger partial charge in [-0.05, 0) is 138 Å². The highest BCUT2D eigenvalue weighted by Gasteiger charge is 2.34. The maximum Gasteiger partial charge on any atom is 0.223 e.